The lowest BCUT2D eigenvalue weighted by Gasteiger charge is -2.12. The molecular weight excluding hydrogens is 360 g/mol. The number of para-hydroxylation sites is 1. The van der Waals surface area contributed by atoms with Crippen LogP contribution in [-0.4, -0.2) is 26.0 Å². The second kappa shape index (κ2) is 7.93. The molecular formula is C19H18N6OS. The average Bonchev–Trinajstić information content (AvgIpc) is 3.03. The standard InChI is InChI=1S/C19H18N6OS/c1-12-7-3-5-9-15(12)17-23-24-19(25(17)21)27-13(2)18(26)22-16-10-6-4-8-14(16)11-20/h3-10,13H,21H2,1-2H3,(H,22,26)/t13-/m1/s1. The van der Waals surface area contributed by atoms with E-state index in [4.69, 9.17) is 11.1 Å². The number of thioether (sulfide) groups is 1. The molecule has 0 saturated carbocycles. The van der Waals surface area contributed by atoms with Crippen LogP contribution < -0.4 is 11.2 Å². The van der Waals surface area contributed by atoms with Gasteiger partial charge in [0.1, 0.15) is 6.07 Å². The molecule has 3 rings (SSSR count). The summed E-state index contributed by atoms with van der Waals surface area (Å²) in [5, 5.41) is 20.1. The van der Waals surface area contributed by atoms with Crippen LogP contribution in [0.3, 0.4) is 0 Å². The van der Waals surface area contributed by atoms with Gasteiger partial charge in [0.2, 0.25) is 11.1 Å². The number of nitrogens with two attached hydrogens (primary N) is 1. The second-order valence-corrected chi connectivity index (χ2v) is 7.21. The first-order chi connectivity index (χ1) is 13.0. The fraction of sp³-hybridized carbons (Fsp3) is 0.158. The van der Waals surface area contributed by atoms with Crippen molar-refractivity contribution in [3.05, 3.63) is 59.7 Å². The van der Waals surface area contributed by atoms with Gasteiger partial charge in [0, 0.05) is 5.56 Å². The summed E-state index contributed by atoms with van der Waals surface area (Å²) in [6.45, 7) is 3.72. The number of nitrogens with zero attached hydrogens (tertiary/aromatic N) is 4. The number of rotatable bonds is 5. The van der Waals surface area contributed by atoms with Crippen LogP contribution in [0.1, 0.15) is 18.1 Å². The van der Waals surface area contributed by atoms with E-state index in [0.29, 0.717) is 22.2 Å². The molecule has 0 aliphatic rings. The summed E-state index contributed by atoms with van der Waals surface area (Å²) in [7, 11) is 0. The zero-order valence-electron chi connectivity index (χ0n) is 14.9. The highest BCUT2D eigenvalue weighted by atomic mass is 32.2. The summed E-state index contributed by atoms with van der Waals surface area (Å²) in [4.78, 5) is 12.5. The Kier molecular flexibility index (Phi) is 5.43. The molecule has 0 unspecified atom stereocenters. The highest BCUT2D eigenvalue weighted by Crippen LogP contribution is 2.27. The molecule has 7 nitrogen and oxygen atoms in total. The van der Waals surface area contributed by atoms with Gasteiger partial charge < -0.3 is 11.2 Å². The molecule has 3 N–H and O–H groups in total. The van der Waals surface area contributed by atoms with E-state index >= 15 is 0 Å². The highest BCUT2D eigenvalue weighted by molar-refractivity contribution is 8.00. The van der Waals surface area contributed by atoms with E-state index in [1.165, 1.54) is 16.4 Å². The van der Waals surface area contributed by atoms with Crippen molar-refractivity contribution in [2.45, 2.75) is 24.3 Å². The minimum atomic E-state index is -0.479. The van der Waals surface area contributed by atoms with Gasteiger partial charge in [-0.25, -0.2) is 4.68 Å². The number of carbonyl (C=O) groups is 1. The maximum absolute atomic E-state index is 12.5. The lowest BCUT2D eigenvalue weighted by atomic mass is 10.1. The summed E-state index contributed by atoms with van der Waals surface area (Å²) in [5.41, 5.74) is 2.81. The van der Waals surface area contributed by atoms with E-state index in [-0.39, 0.29) is 5.91 Å². The highest BCUT2D eigenvalue weighted by Gasteiger charge is 2.21. The third-order valence-electron chi connectivity index (χ3n) is 4.01. The van der Waals surface area contributed by atoms with Crippen molar-refractivity contribution in [3.63, 3.8) is 0 Å². The predicted octanol–water partition coefficient (Wildman–Crippen LogP) is 2.96. The third kappa shape index (κ3) is 3.93. The SMILES string of the molecule is Cc1ccccc1-c1nnc(S[C@H](C)C(=O)Nc2ccccc2C#N)n1N. The Morgan fingerprint density at radius 3 is 2.67 bits per heavy atom. The van der Waals surface area contributed by atoms with Gasteiger partial charge in [-0.3, -0.25) is 4.79 Å². The number of nitriles is 1. The molecule has 0 spiro atoms. The van der Waals surface area contributed by atoms with Gasteiger partial charge in [-0.05, 0) is 31.5 Å². The largest absolute Gasteiger partial charge is 0.335 e. The Morgan fingerprint density at radius 1 is 1.22 bits per heavy atom. The molecule has 1 amide bonds. The Balaban J connectivity index is 1.75. The number of hydrogen-bond donors (Lipinski definition) is 2. The lowest BCUT2D eigenvalue weighted by Crippen LogP contribution is -2.24. The Morgan fingerprint density at radius 2 is 1.93 bits per heavy atom. The van der Waals surface area contributed by atoms with Crippen LogP contribution in [0.5, 0.6) is 0 Å². The number of amides is 1. The number of aryl methyl sites for hydroxylation is 1. The van der Waals surface area contributed by atoms with Crippen molar-refractivity contribution < 1.29 is 4.79 Å². The van der Waals surface area contributed by atoms with Gasteiger partial charge in [-0.1, -0.05) is 48.2 Å². The molecule has 0 fully saturated rings. The van der Waals surface area contributed by atoms with Crippen LogP contribution in [-0.2, 0) is 4.79 Å². The van der Waals surface area contributed by atoms with Gasteiger partial charge >= 0.3 is 0 Å². The van der Waals surface area contributed by atoms with Crippen LogP contribution in [0.2, 0.25) is 0 Å². The average molecular weight is 378 g/mol. The lowest BCUT2D eigenvalue weighted by molar-refractivity contribution is -0.115. The Labute approximate surface area is 161 Å². The molecule has 0 aliphatic heterocycles. The fourth-order valence-corrected chi connectivity index (χ4v) is 3.27. The number of nitrogens with one attached hydrogen (secondary N) is 1. The maximum atomic E-state index is 12.5. The smallest absolute Gasteiger partial charge is 0.237 e. The van der Waals surface area contributed by atoms with Crippen molar-refractivity contribution in [2.75, 3.05) is 11.2 Å². The van der Waals surface area contributed by atoms with Gasteiger partial charge in [0.25, 0.3) is 0 Å². The fourth-order valence-electron chi connectivity index (χ4n) is 2.50. The summed E-state index contributed by atoms with van der Waals surface area (Å²) < 4.78 is 1.39. The van der Waals surface area contributed by atoms with Crippen LogP contribution in [0.15, 0.2) is 53.7 Å². The molecule has 27 heavy (non-hydrogen) atoms. The normalized spacial score (nSPS) is 11.6. The van der Waals surface area contributed by atoms with Gasteiger partial charge in [-0.2, -0.15) is 5.26 Å². The number of aromatic nitrogens is 3. The van der Waals surface area contributed by atoms with E-state index in [1.807, 2.05) is 31.2 Å². The Hall–Kier alpha value is -3.31. The quantitative estimate of drug-likeness (QED) is 0.522. The minimum absolute atomic E-state index is 0.247. The van der Waals surface area contributed by atoms with E-state index in [2.05, 4.69) is 21.6 Å². The second-order valence-electron chi connectivity index (χ2n) is 5.90. The summed E-state index contributed by atoms with van der Waals surface area (Å²) in [6, 6.07) is 16.7. The van der Waals surface area contributed by atoms with Crippen LogP contribution in [0.4, 0.5) is 5.69 Å². The van der Waals surface area contributed by atoms with E-state index in [1.54, 1.807) is 31.2 Å². The minimum Gasteiger partial charge on any atom is -0.335 e. The first-order valence-corrected chi connectivity index (χ1v) is 9.12. The van der Waals surface area contributed by atoms with Crippen molar-refractivity contribution in [3.8, 4) is 17.5 Å². The molecule has 1 atom stereocenters. The predicted molar refractivity (Wildman–Crippen MR) is 105 cm³/mol. The Bertz CT molecular complexity index is 1020. The summed E-state index contributed by atoms with van der Waals surface area (Å²) >= 11 is 1.20. The topological polar surface area (TPSA) is 110 Å². The zero-order valence-corrected chi connectivity index (χ0v) is 15.7. The van der Waals surface area contributed by atoms with Crippen LogP contribution in [0, 0.1) is 18.3 Å². The third-order valence-corrected chi connectivity index (χ3v) is 5.06. The number of benzene rings is 2. The van der Waals surface area contributed by atoms with E-state index in [0.717, 1.165) is 11.1 Å². The molecule has 136 valence electrons. The van der Waals surface area contributed by atoms with Gasteiger partial charge in [0.05, 0.1) is 16.5 Å². The molecule has 2 aromatic carbocycles. The van der Waals surface area contributed by atoms with Crippen molar-refractivity contribution in [2.24, 2.45) is 0 Å². The molecule has 3 aromatic rings. The molecule has 0 aliphatic carbocycles. The van der Waals surface area contributed by atoms with Crippen molar-refractivity contribution in [1.29, 1.82) is 5.26 Å². The van der Waals surface area contributed by atoms with Crippen LogP contribution in [0.25, 0.3) is 11.4 Å². The van der Waals surface area contributed by atoms with Crippen molar-refractivity contribution >= 4 is 23.4 Å². The number of anilines is 1. The van der Waals surface area contributed by atoms with Crippen molar-refractivity contribution in [1.82, 2.24) is 14.9 Å². The maximum Gasteiger partial charge on any atom is 0.237 e. The number of hydrogen-bond acceptors (Lipinski definition) is 6. The molecule has 8 heteroatoms. The van der Waals surface area contributed by atoms with Crippen LogP contribution >= 0.6 is 11.8 Å². The monoisotopic (exact) mass is 378 g/mol. The molecule has 1 heterocycles. The van der Waals surface area contributed by atoms with E-state index < -0.39 is 5.25 Å². The first kappa shape index (κ1) is 18.5. The first-order valence-electron chi connectivity index (χ1n) is 8.24. The number of carbonyl (C=O) groups excluding carboxylic acids is 1. The molecule has 0 radical (unpaired) electrons. The molecule has 1 aromatic heterocycles. The zero-order chi connectivity index (χ0) is 19.4. The molecule has 0 bridgehead atoms. The van der Waals surface area contributed by atoms with Gasteiger partial charge in [-0.15, -0.1) is 10.2 Å². The molecule has 0 saturated heterocycles. The summed E-state index contributed by atoms with van der Waals surface area (Å²) in [6.07, 6.45) is 0. The summed E-state index contributed by atoms with van der Waals surface area (Å²) in [5.74, 6) is 6.44. The number of nitrogen functional groups attached to an aromatic ring is 1. The van der Waals surface area contributed by atoms with Gasteiger partial charge in [0.15, 0.2) is 5.82 Å². The van der Waals surface area contributed by atoms with E-state index in [9.17, 15) is 4.79 Å².